The summed E-state index contributed by atoms with van der Waals surface area (Å²) in [6.07, 6.45) is 0. The lowest BCUT2D eigenvalue weighted by Crippen LogP contribution is -2.19. The molecule has 1 amide bonds. The van der Waals surface area contributed by atoms with Crippen molar-refractivity contribution in [2.45, 2.75) is 26.2 Å². The molecule has 0 unspecified atom stereocenters. The van der Waals surface area contributed by atoms with Crippen molar-refractivity contribution in [1.29, 1.82) is 0 Å². The maximum atomic E-state index is 11.8. The molecule has 0 fully saturated rings. The number of amides is 1. The van der Waals surface area contributed by atoms with E-state index in [9.17, 15) is 14.7 Å². The number of carboxylic acid groups (broad SMARTS) is 1. The molecular weight excluding hydrogens is 278 g/mol. The minimum atomic E-state index is -1.16. The third kappa shape index (κ3) is 2.86. The zero-order valence-corrected chi connectivity index (χ0v) is 12.9. The Hall–Kier alpha value is -2.62. The Morgan fingerprint density at radius 3 is 2.09 bits per heavy atom. The molecule has 114 valence electrons. The number of hydrogen-bond donors (Lipinski definition) is 2. The third-order valence-corrected chi connectivity index (χ3v) is 3.57. The number of carbonyl (C=O) groups is 2. The van der Waals surface area contributed by atoms with E-state index in [0.29, 0.717) is 5.56 Å². The van der Waals surface area contributed by atoms with Crippen LogP contribution in [-0.4, -0.2) is 17.0 Å². The molecule has 0 saturated heterocycles. The molecule has 4 heteroatoms. The molecule has 0 saturated carbocycles. The van der Waals surface area contributed by atoms with Crippen LogP contribution in [0.15, 0.2) is 42.5 Å². The van der Waals surface area contributed by atoms with Gasteiger partial charge in [0, 0.05) is 0 Å². The Labute approximate surface area is 129 Å². The van der Waals surface area contributed by atoms with Crippen LogP contribution in [0.1, 0.15) is 47.1 Å². The SMILES string of the molecule is CC(C)(C)c1ccccc1-c1cccc(C(=O)O)c1C(N)=O. The van der Waals surface area contributed by atoms with E-state index in [2.05, 4.69) is 20.8 Å². The van der Waals surface area contributed by atoms with Crippen LogP contribution in [-0.2, 0) is 5.41 Å². The maximum Gasteiger partial charge on any atom is 0.336 e. The largest absolute Gasteiger partial charge is 0.478 e. The van der Waals surface area contributed by atoms with Crippen molar-refractivity contribution < 1.29 is 14.7 Å². The molecule has 0 spiro atoms. The number of benzene rings is 2. The highest BCUT2D eigenvalue weighted by Gasteiger charge is 2.24. The first kappa shape index (κ1) is 15.8. The smallest absolute Gasteiger partial charge is 0.336 e. The summed E-state index contributed by atoms with van der Waals surface area (Å²) < 4.78 is 0. The number of primary amides is 1. The highest BCUT2D eigenvalue weighted by molar-refractivity contribution is 6.09. The van der Waals surface area contributed by atoms with Gasteiger partial charge in [-0.3, -0.25) is 4.79 Å². The molecule has 0 heterocycles. The number of hydrogen-bond acceptors (Lipinski definition) is 2. The van der Waals surface area contributed by atoms with Gasteiger partial charge in [-0.1, -0.05) is 57.2 Å². The van der Waals surface area contributed by atoms with Gasteiger partial charge in [0.25, 0.3) is 0 Å². The zero-order valence-electron chi connectivity index (χ0n) is 12.9. The molecule has 0 atom stereocenters. The summed E-state index contributed by atoms with van der Waals surface area (Å²) in [5, 5.41) is 9.31. The lowest BCUT2D eigenvalue weighted by atomic mass is 9.80. The lowest BCUT2D eigenvalue weighted by molar-refractivity contribution is 0.0692. The first-order valence-corrected chi connectivity index (χ1v) is 6.99. The van der Waals surface area contributed by atoms with E-state index in [1.54, 1.807) is 12.1 Å². The molecule has 2 aromatic rings. The van der Waals surface area contributed by atoms with Crippen molar-refractivity contribution in [3.8, 4) is 11.1 Å². The van der Waals surface area contributed by atoms with E-state index >= 15 is 0 Å². The van der Waals surface area contributed by atoms with Gasteiger partial charge in [0.1, 0.15) is 0 Å². The van der Waals surface area contributed by atoms with Gasteiger partial charge >= 0.3 is 5.97 Å². The van der Waals surface area contributed by atoms with Crippen molar-refractivity contribution in [2.75, 3.05) is 0 Å². The van der Waals surface area contributed by atoms with Gasteiger partial charge in [0.05, 0.1) is 11.1 Å². The number of rotatable bonds is 3. The van der Waals surface area contributed by atoms with Crippen LogP contribution in [0.2, 0.25) is 0 Å². The number of nitrogens with two attached hydrogens (primary N) is 1. The highest BCUT2D eigenvalue weighted by atomic mass is 16.4. The second-order valence-electron chi connectivity index (χ2n) is 6.19. The summed E-state index contributed by atoms with van der Waals surface area (Å²) >= 11 is 0. The monoisotopic (exact) mass is 297 g/mol. The fraction of sp³-hybridized carbons (Fsp3) is 0.222. The van der Waals surface area contributed by atoms with Crippen LogP contribution in [0, 0.1) is 0 Å². The van der Waals surface area contributed by atoms with Crippen LogP contribution < -0.4 is 5.73 Å². The standard InChI is InChI=1S/C18H19NO3/c1-18(2,3)14-10-5-4-7-11(14)12-8-6-9-13(17(21)22)15(12)16(19)20/h4-10H,1-3H3,(H2,19,20)(H,21,22). The molecule has 0 aromatic heterocycles. The van der Waals surface area contributed by atoms with Crippen LogP contribution >= 0.6 is 0 Å². The molecule has 22 heavy (non-hydrogen) atoms. The Bertz CT molecular complexity index is 742. The topological polar surface area (TPSA) is 80.4 Å². The quantitative estimate of drug-likeness (QED) is 0.910. The molecule has 4 nitrogen and oxygen atoms in total. The second-order valence-corrected chi connectivity index (χ2v) is 6.19. The Morgan fingerprint density at radius 2 is 1.55 bits per heavy atom. The van der Waals surface area contributed by atoms with Gasteiger partial charge < -0.3 is 10.8 Å². The fourth-order valence-electron chi connectivity index (χ4n) is 2.59. The molecular formula is C18H19NO3. The molecule has 0 radical (unpaired) electrons. The zero-order chi connectivity index (χ0) is 16.5. The van der Waals surface area contributed by atoms with Crippen LogP contribution in [0.4, 0.5) is 0 Å². The first-order chi connectivity index (χ1) is 10.2. The van der Waals surface area contributed by atoms with E-state index in [4.69, 9.17) is 5.73 Å². The summed E-state index contributed by atoms with van der Waals surface area (Å²) in [6, 6.07) is 12.4. The van der Waals surface area contributed by atoms with Crippen molar-refractivity contribution in [1.82, 2.24) is 0 Å². The Morgan fingerprint density at radius 1 is 0.955 bits per heavy atom. The molecule has 0 bridgehead atoms. The lowest BCUT2D eigenvalue weighted by Gasteiger charge is -2.24. The third-order valence-electron chi connectivity index (χ3n) is 3.57. The molecule has 2 rings (SSSR count). The van der Waals surface area contributed by atoms with Gasteiger partial charge in [-0.15, -0.1) is 0 Å². The Kier molecular flexibility index (Phi) is 4.04. The van der Waals surface area contributed by atoms with Crippen LogP contribution in [0.25, 0.3) is 11.1 Å². The van der Waals surface area contributed by atoms with Crippen molar-refractivity contribution in [3.63, 3.8) is 0 Å². The summed E-state index contributed by atoms with van der Waals surface area (Å²) in [4.78, 5) is 23.2. The fourth-order valence-corrected chi connectivity index (χ4v) is 2.59. The second kappa shape index (κ2) is 5.64. The van der Waals surface area contributed by atoms with Crippen molar-refractivity contribution in [2.24, 2.45) is 5.73 Å². The average molecular weight is 297 g/mol. The minimum Gasteiger partial charge on any atom is -0.478 e. The first-order valence-electron chi connectivity index (χ1n) is 6.99. The van der Waals surface area contributed by atoms with Crippen molar-refractivity contribution in [3.05, 3.63) is 59.2 Å². The molecule has 0 aliphatic carbocycles. The van der Waals surface area contributed by atoms with E-state index in [0.717, 1.165) is 11.1 Å². The predicted molar refractivity (Wildman–Crippen MR) is 86.1 cm³/mol. The van der Waals surface area contributed by atoms with Crippen molar-refractivity contribution >= 4 is 11.9 Å². The molecule has 0 aliphatic heterocycles. The van der Waals surface area contributed by atoms with E-state index < -0.39 is 11.9 Å². The van der Waals surface area contributed by atoms with Gasteiger partial charge in [0.15, 0.2) is 0 Å². The predicted octanol–water partition coefficient (Wildman–Crippen LogP) is 3.45. The van der Waals surface area contributed by atoms with Gasteiger partial charge in [-0.25, -0.2) is 4.79 Å². The maximum absolute atomic E-state index is 11.8. The summed E-state index contributed by atoms with van der Waals surface area (Å²) in [5.41, 5.74) is 7.68. The van der Waals surface area contributed by atoms with E-state index in [1.165, 1.54) is 6.07 Å². The normalized spacial score (nSPS) is 11.2. The average Bonchev–Trinajstić information content (AvgIpc) is 2.45. The molecule has 0 aliphatic rings. The van der Waals surface area contributed by atoms with Gasteiger partial charge in [0.2, 0.25) is 5.91 Å². The Balaban J connectivity index is 2.83. The van der Waals surface area contributed by atoms with Gasteiger partial charge in [-0.2, -0.15) is 0 Å². The minimum absolute atomic E-state index is 0.0479. The van der Waals surface area contributed by atoms with E-state index in [-0.39, 0.29) is 16.5 Å². The number of carboxylic acids is 1. The van der Waals surface area contributed by atoms with Gasteiger partial charge in [-0.05, 0) is 28.2 Å². The van der Waals surface area contributed by atoms with E-state index in [1.807, 2.05) is 24.3 Å². The highest BCUT2D eigenvalue weighted by Crippen LogP contribution is 2.35. The molecule has 3 N–H and O–H groups in total. The molecule has 2 aromatic carbocycles. The summed E-state index contributed by atoms with van der Waals surface area (Å²) in [5.74, 6) is -1.90. The van der Waals surface area contributed by atoms with Crippen LogP contribution in [0.3, 0.4) is 0 Å². The number of aromatic carboxylic acids is 1. The summed E-state index contributed by atoms with van der Waals surface area (Å²) in [7, 11) is 0. The number of carbonyl (C=O) groups excluding carboxylic acids is 1. The van der Waals surface area contributed by atoms with Crippen LogP contribution in [0.5, 0.6) is 0 Å². The summed E-state index contributed by atoms with van der Waals surface area (Å²) in [6.45, 7) is 6.20.